The molecule has 0 spiro atoms. The molecule has 0 fully saturated rings. The lowest BCUT2D eigenvalue weighted by molar-refractivity contribution is 0.0772. The average molecular weight is 288 g/mol. The van der Waals surface area contributed by atoms with Crippen molar-refractivity contribution in [2.75, 3.05) is 7.05 Å². The number of rotatable bonds is 3. The van der Waals surface area contributed by atoms with E-state index in [0.717, 1.165) is 0 Å². The van der Waals surface area contributed by atoms with Gasteiger partial charge >= 0.3 is 0 Å². The molecule has 0 aliphatic heterocycles. The monoisotopic (exact) mass is 287 g/mol. The molecule has 0 atom stereocenters. The summed E-state index contributed by atoms with van der Waals surface area (Å²) in [7, 11) is 3.35. The van der Waals surface area contributed by atoms with Crippen LogP contribution < -0.4 is 0 Å². The third-order valence-corrected chi connectivity index (χ3v) is 3.38. The molecule has 0 aliphatic rings. The lowest BCUT2D eigenvalue weighted by atomic mass is 10.3. The molecule has 0 radical (unpaired) electrons. The highest BCUT2D eigenvalue weighted by molar-refractivity contribution is 6.41. The van der Waals surface area contributed by atoms with Crippen LogP contribution in [0.4, 0.5) is 0 Å². The van der Waals surface area contributed by atoms with Crippen molar-refractivity contribution in [3.8, 4) is 0 Å². The van der Waals surface area contributed by atoms with Gasteiger partial charge in [-0.3, -0.25) is 9.89 Å². The van der Waals surface area contributed by atoms with Crippen molar-refractivity contribution in [3.05, 3.63) is 34.1 Å². The van der Waals surface area contributed by atoms with Gasteiger partial charge < -0.3 is 9.47 Å². The molecule has 2 aromatic heterocycles. The minimum atomic E-state index is -0.192. The van der Waals surface area contributed by atoms with Crippen LogP contribution in [0.1, 0.15) is 16.3 Å². The first-order valence-electron chi connectivity index (χ1n) is 5.11. The van der Waals surface area contributed by atoms with Gasteiger partial charge in [-0.05, 0) is 6.07 Å². The molecule has 0 aromatic carbocycles. The zero-order chi connectivity index (χ0) is 13.3. The Morgan fingerprint density at radius 1 is 1.56 bits per heavy atom. The Labute approximate surface area is 114 Å². The fourth-order valence-corrected chi connectivity index (χ4v) is 1.92. The SMILES string of the molecule is CN(Cc1ncn[nH]1)C(=O)c1cc(Cl)c(Cl)n1C. The first kappa shape index (κ1) is 12.9. The molecule has 2 rings (SSSR count). The third kappa shape index (κ3) is 2.34. The number of aromatic amines is 1. The van der Waals surface area contributed by atoms with Gasteiger partial charge in [-0.25, -0.2) is 4.98 Å². The highest BCUT2D eigenvalue weighted by Gasteiger charge is 2.19. The number of nitrogens with one attached hydrogen (secondary N) is 1. The van der Waals surface area contributed by atoms with Gasteiger partial charge in [0, 0.05) is 14.1 Å². The summed E-state index contributed by atoms with van der Waals surface area (Å²) in [6, 6.07) is 1.54. The normalized spacial score (nSPS) is 10.7. The predicted molar refractivity (Wildman–Crippen MR) is 67.6 cm³/mol. The van der Waals surface area contributed by atoms with Crippen LogP contribution in [-0.4, -0.2) is 37.6 Å². The fraction of sp³-hybridized carbons (Fsp3) is 0.300. The summed E-state index contributed by atoms with van der Waals surface area (Å²) in [5, 5.41) is 7.11. The third-order valence-electron chi connectivity index (χ3n) is 2.53. The molecule has 1 amide bonds. The molecule has 2 aromatic rings. The summed E-state index contributed by atoms with van der Waals surface area (Å²) in [6.07, 6.45) is 1.39. The molecule has 1 N–H and O–H groups in total. The number of H-pyrrole nitrogens is 1. The summed E-state index contributed by atoms with van der Waals surface area (Å²) in [5.41, 5.74) is 0.423. The highest BCUT2D eigenvalue weighted by Crippen LogP contribution is 2.25. The fourth-order valence-electron chi connectivity index (χ4n) is 1.55. The number of hydrogen-bond acceptors (Lipinski definition) is 3. The van der Waals surface area contributed by atoms with E-state index in [1.807, 2.05) is 0 Å². The molecule has 96 valence electrons. The van der Waals surface area contributed by atoms with Crippen LogP contribution in [0, 0.1) is 0 Å². The smallest absolute Gasteiger partial charge is 0.270 e. The average Bonchev–Trinajstić information content (AvgIpc) is 2.93. The summed E-state index contributed by atoms with van der Waals surface area (Å²) in [4.78, 5) is 17.6. The van der Waals surface area contributed by atoms with Crippen molar-refractivity contribution in [3.63, 3.8) is 0 Å². The lowest BCUT2D eigenvalue weighted by Gasteiger charge is -2.15. The van der Waals surface area contributed by atoms with Crippen LogP contribution in [0.5, 0.6) is 0 Å². The zero-order valence-electron chi connectivity index (χ0n) is 9.81. The van der Waals surface area contributed by atoms with Crippen LogP contribution in [-0.2, 0) is 13.6 Å². The molecule has 0 unspecified atom stereocenters. The van der Waals surface area contributed by atoms with Gasteiger partial charge in [-0.2, -0.15) is 5.10 Å². The Kier molecular flexibility index (Phi) is 3.58. The summed E-state index contributed by atoms with van der Waals surface area (Å²) >= 11 is 11.8. The van der Waals surface area contributed by atoms with E-state index in [2.05, 4.69) is 15.2 Å². The number of halogens is 2. The van der Waals surface area contributed by atoms with E-state index in [1.165, 1.54) is 11.2 Å². The van der Waals surface area contributed by atoms with Crippen LogP contribution >= 0.6 is 23.2 Å². The van der Waals surface area contributed by atoms with E-state index >= 15 is 0 Å². The second-order valence-electron chi connectivity index (χ2n) is 3.82. The number of hydrogen-bond donors (Lipinski definition) is 1. The molecule has 0 saturated heterocycles. The van der Waals surface area contributed by atoms with Gasteiger partial charge in [0.05, 0.1) is 11.6 Å². The zero-order valence-corrected chi connectivity index (χ0v) is 11.3. The Morgan fingerprint density at radius 2 is 2.28 bits per heavy atom. The summed E-state index contributed by atoms with van der Waals surface area (Å²) in [5.74, 6) is 0.417. The highest BCUT2D eigenvalue weighted by atomic mass is 35.5. The molecule has 8 heteroatoms. The Bertz CT molecular complexity index is 563. The molecule has 2 heterocycles. The Balaban J connectivity index is 2.18. The van der Waals surface area contributed by atoms with Gasteiger partial charge in [-0.1, -0.05) is 23.2 Å². The summed E-state index contributed by atoms with van der Waals surface area (Å²) in [6.45, 7) is 0.333. The van der Waals surface area contributed by atoms with Crippen LogP contribution in [0.2, 0.25) is 10.2 Å². The van der Waals surface area contributed by atoms with E-state index < -0.39 is 0 Å². The molecule has 18 heavy (non-hydrogen) atoms. The minimum Gasteiger partial charge on any atom is -0.333 e. The molecule has 0 saturated carbocycles. The van der Waals surface area contributed by atoms with Crippen LogP contribution in [0.25, 0.3) is 0 Å². The molecular formula is C10H11Cl2N5O. The Morgan fingerprint density at radius 3 is 2.78 bits per heavy atom. The first-order chi connectivity index (χ1) is 8.50. The lowest BCUT2D eigenvalue weighted by Crippen LogP contribution is -2.28. The maximum absolute atomic E-state index is 12.2. The van der Waals surface area contributed by atoms with Crippen LogP contribution in [0.3, 0.4) is 0 Å². The van der Waals surface area contributed by atoms with Crippen molar-refractivity contribution in [1.29, 1.82) is 0 Å². The van der Waals surface area contributed by atoms with Gasteiger partial charge in [0.15, 0.2) is 0 Å². The topological polar surface area (TPSA) is 66.8 Å². The van der Waals surface area contributed by atoms with Crippen molar-refractivity contribution in [1.82, 2.24) is 24.6 Å². The number of carbonyl (C=O) groups is 1. The van der Waals surface area contributed by atoms with Crippen molar-refractivity contribution < 1.29 is 4.79 Å². The predicted octanol–water partition coefficient (Wildman–Crippen LogP) is 1.72. The van der Waals surface area contributed by atoms with E-state index in [1.54, 1.807) is 24.7 Å². The summed E-state index contributed by atoms with van der Waals surface area (Å²) < 4.78 is 1.54. The number of aromatic nitrogens is 4. The standard InChI is InChI=1S/C10H11Cl2N5O/c1-16(4-8-13-5-14-15-8)10(18)7-3-6(11)9(12)17(7)2/h3,5H,4H2,1-2H3,(H,13,14,15). The van der Waals surface area contributed by atoms with E-state index in [4.69, 9.17) is 23.2 Å². The number of carbonyl (C=O) groups excluding carboxylic acids is 1. The number of amides is 1. The minimum absolute atomic E-state index is 0.192. The van der Waals surface area contributed by atoms with Crippen molar-refractivity contribution >= 4 is 29.1 Å². The largest absolute Gasteiger partial charge is 0.333 e. The second-order valence-corrected chi connectivity index (χ2v) is 4.59. The van der Waals surface area contributed by atoms with Gasteiger partial charge in [0.25, 0.3) is 5.91 Å². The molecule has 0 bridgehead atoms. The van der Waals surface area contributed by atoms with Gasteiger partial charge in [-0.15, -0.1) is 0 Å². The first-order valence-corrected chi connectivity index (χ1v) is 5.86. The maximum atomic E-state index is 12.2. The van der Waals surface area contributed by atoms with E-state index in [-0.39, 0.29) is 5.91 Å². The molecular weight excluding hydrogens is 277 g/mol. The van der Waals surface area contributed by atoms with Crippen molar-refractivity contribution in [2.45, 2.75) is 6.54 Å². The van der Waals surface area contributed by atoms with Crippen LogP contribution in [0.15, 0.2) is 12.4 Å². The molecule has 6 nitrogen and oxygen atoms in total. The second kappa shape index (κ2) is 4.99. The van der Waals surface area contributed by atoms with E-state index in [0.29, 0.717) is 28.2 Å². The van der Waals surface area contributed by atoms with Gasteiger partial charge in [0.2, 0.25) is 0 Å². The number of nitrogens with zero attached hydrogens (tertiary/aromatic N) is 4. The van der Waals surface area contributed by atoms with Crippen molar-refractivity contribution in [2.24, 2.45) is 7.05 Å². The Hall–Kier alpha value is -1.53. The van der Waals surface area contributed by atoms with Gasteiger partial charge in [0.1, 0.15) is 23.0 Å². The maximum Gasteiger partial charge on any atom is 0.270 e. The molecule has 0 aliphatic carbocycles. The van der Waals surface area contributed by atoms with E-state index in [9.17, 15) is 4.79 Å². The quantitative estimate of drug-likeness (QED) is 0.935.